The molecule has 1 heterocycles. The maximum atomic E-state index is 12.6. The third-order valence-corrected chi connectivity index (χ3v) is 4.39. The predicted molar refractivity (Wildman–Crippen MR) is 96.2 cm³/mol. The van der Waals surface area contributed by atoms with Gasteiger partial charge in [-0.1, -0.05) is 13.3 Å². The first-order valence-electron chi connectivity index (χ1n) is 8.95. The van der Waals surface area contributed by atoms with E-state index in [0.29, 0.717) is 50.0 Å². The van der Waals surface area contributed by atoms with Gasteiger partial charge in [0.05, 0.1) is 26.9 Å². The number of hydrogen-bond acceptors (Lipinski definition) is 6. The number of aliphatic carboxylic acids is 1. The molecule has 7 nitrogen and oxygen atoms in total. The third-order valence-electron chi connectivity index (χ3n) is 4.39. The Morgan fingerprint density at radius 1 is 1.27 bits per heavy atom. The highest BCUT2D eigenvalue weighted by Gasteiger charge is 2.30. The number of morpholine rings is 1. The molecule has 1 unspecified atom stereocenters. The number of Topliss-reactive ketones (excluding diaryl/α,β-unsaturated/α-hetero) is 1. The summed E-state index contributed by atoms with van der Waals surface area (Å²) in [5.74, 6) is -0.167. The zero-order valence-electron chi connectivity index (χ0n) is 15.4. The Bertz CT molecular complexity index is 612. The van der Waals surface area contributed by atoms with Crippen LogP contribution in [0.3, 0.4) is 0 Å². The van der Waals surface area contributed by atoms with E-state index >= 15 is 0 Å². The van der Waals surface area contributed by atoms with Gasteiger partial charge in [0.2, 0.25) is 0 Å². The summed E-state index contributed by atoms with van der Waals surface area (Å²) in [5.41, 5.74) is 0.421. The number of nitrogens with zero attached hydrogens (tertiary/aromatic N) is 1. The molecule has 2 rings (SSSR count). The predicted octanol–water partition coefficient (Wildman–Crippen LogP) is 2.23. The molecule has 1 N–H and O–H groups in total. The number of ether oxygens (including phenoxy) is 3. The number of ketones is 1. The van der Waals surface area contributed by atoms with E-state index in [0.717, 1.165) is 12.8 Å². The molecule has 0 aliphatic carbocycles. The van der Waals surface area contributed by atoms with Crippen molar-refractivity contribution in [1.82, 2.24) is 4.90 Å². The largest absolute Gasteiger partial charge is 0.493 e. The summed E-state index contributed by atoms with van der Waals surface area (Å²) in [5, 5.41) is 9.51. The van der Waals surface area contributed by atoms with Gasteiger partial charge in [-0.2, -0.15) is 0 Å². The van der Waals surface area contributed by atoms with Crippen molar-refractivity contribution in [3.63, 3.8) is 0 Å². The van der Waals surface area contributed by atoms with Gasteiger partial charge in [0.15, 0.2) is 17.3 Å². The SMILES string of the molecule is CCCCOc1ccc(C(=O)CC(C(=O)O)N2CCOCC2)cc1OC. The number of unbranched alkanes of at least 4 members (excludes halogenated alkanes) is 1. The number of rotatable bonds is 10. The summed E-state index contributed by atoms with van der Waals surface area (Å²) in [7, 11) is 1.52. The van der Waals surface area contributed by atoms with Crippen LogP contribution in [-0.4, -0.2) is 67.8 Å². The molecule has 0 spiro atoms. The normalized spacial score (nSPS) is 16.1. The van der Waals surface area contributed by atoms with Crippen molar-refractivity contribution in [2.75, 3.05) is 40.0 Å². The van der Waals surface area contributed by atoms with Crippen LogP contribution in [0.5, 0.6) is 11.5 Å². The molecule has 0 saturated carbocycles. The summed E-state index contributed by atoms with van der Waals surface area (Å²) >= 11 is 0. The number of carboxylic acids is 1. The average molecular weight is 365 g/mol. The quantitative estimate of drug-likeness (QED) is 0.503. The minimum Gasteiger partial charge on any atom is -0.493 e. The zero-order valence-corrected chi connectivity index (χ0v) is 15.4. The van der Waals surface area contributed by atoms with Crippen LogP contribution in [0.2, 0.25) is 0 Å². The first-order chi connectivity index (χ1) is 12.6. The zero-order chi connectivity index (χ0) is 18.9. The number of carboxylic acid groups (broad SMARTS) is 1. The van der Waals surface area contributed by atoms with Crippen molar-refractivity contribution in [3.05, 3.63) is 23.8 Å². The van der Waals surface area contributed by atoms with E-state index in [1.165, 1.54) is 7.11 Å². The van der Waals surface area contributed by atoms with Crippen LogP contribution in [0.15, 0.2) is 18.2 Å². The van der Waals surface area contributed by atoms with Crippen molar-refractivity contribution < 1.29 is 28.9 Å². The Kier molecular flexibility index (Phi) is 7.87. The Balaban J connectivity index is 2.08. The van der Waals surface area contributed by atoms with Gasteiger partial charge in [0, 0.05) is 25.1 Å². The standard InChI is InChI=1S/C19H27NO6/c1-3-4-9-26-17-6-5-14(12-18(17)24-2)16(21)13-15(19(22)23)20-7-10-25-11-8-20/h5-6,12,15H,3-4,7-11,13H2,1-2H3,(H,22,23). The van der Waals surface area contributed by atoms with Crippen molar-refractivity contribution >= 4 is 11.8 Å². The van der Waals surface area contributed by atoms with Crippen LogP contribution in [0.1, 0.15) is 36.5 Å². The summed E-state index contributed by atoms with van der Waals surface area (Å²) in [6, 6.07) is 4.12. The van der Waals surface area contributed by atoms with Gasteiger partial charge in [-0.25, -0.2) is 0 Å². The van der Waals surface area contributed by atoms with Crippen molar-refractivity contribution in [1.29, 1.82) is 0 Å². The average Bonchev–Trinajstić information content (AvgIpc) is 2.66. The number of benzene rings is 1. The fourth-order valence-corrected chi connectivity index (χ4v) is 2.84. The van der Waals surface area contributed by atoms with Gasteiger partial charge in [-0.15, -0.1) is 0 Å². The van der Waals surface area contributed by atoms with Crippen LogP contribution < -0.4 is 9.47 Å². The highest BCUT2D eigenvalue weighted by molar-refractivity contribution is 5.99. The molecule has 1 atom stereocenters. The molecule has 0 radical (unpaired) electrons. The van der Waals surface area contributed by atoms with E-state index < -0.39 is 12.0 Å². The lowest BCUT2D eigenvalue weighted by Gasteiger charge is -2.31. The summed E-state index contributed by atoms with van der Waals surface area (Å²) in [4.78, 5) is 26.0. The summed E-state index contributed by atoms with van der Waals surface area (Å²) < 4.78 is 16.2. The Morgan fingerprint density at radius 3 is 2.62 bits per heavy atom. The molecule has 1 aromatic carbocycles. The van der Waals surface area contributed by atoms with E-state index in [1.807, 2.05) is 0 Å². The van der Waals surface area contributed by atoms with Crippen LogP contribution in [0, 0.1) is 0 Å². The molecule has 26 heavy (non-hydrogen) atoms. The second-order valence-corrected chi connectivity index (χ2v) is 6.20. The maximum Gasteiger partial charge on any atom is 0.321 e. The van der Waals surface area contributed by atoms with Crippen LogP contribution in [0.4, 0.5) is 0 Å². The van der Waals surface area contributed by atoms with E-state index in [2.05, 4.69) is 6.92 Å². The Hall–Kier alpha value is -2.12. The molecule has 7 heteroatoms. The monoisotopic (exact) mass is 365 g/mol. The van der Waals surface area contributed by atoms with Gasteiger partial charge in [0.25, 0.3) is 0 Å². The van der Waals surface area contributed by atoms with Gasteiger partial charge in [0.1, 0.15) is 6.04 Å². The third kappa shape index (κ3) is 5.44. The molecular formula is C19H27NO6. The van der Waals surface area contributed by atoms with E-state index in [1.54, 1.807) is 23.1 Å². The second kappa shape index (κ2) is 10.1. The second-order valence-electron chi connectivity index (χ2n) is 6.20. The summed E-state index contributed by atoms with van der Waals surface area (Å²) in [6.07, 6.45) is 1.87. The molecule has 1 fully saturated rings. The minimum atomic E-state index is -0.994. The lowest BCUT2D eigenvalue weighted by atomic mass is 10.0. The fraction of sp³-hybridized carbons (Fsp3) is 0.579. The molecule has 0 bridgehead atoms. The molecule has 1 aromatic rings. The number of carbonyl (C=O) groups is 2. The number of methoxy groups -OCH3 is 1. The van der Waals surface area contributed by atoms with Gasteiger partial charge >= 0.3 is 5.97 Å². The molecule has 144 valence electrons. The lowest BCUT2D eigenvalue weighted by molar-refractivity contribution is -0.144. The van der Waals surface area contributed by atoms with E-state index in [-0.39, 0.29) is 12.2 Å². The van der Waals surface area contributed by atoms with Crippen LogP contribution in [-0.2, 0) is 9.53 Å². The van der Waals surface area contributed by atoms with Crippen LogP contribution >= 0.6 is 0 Å². The van der Waals surface area contributed by atoms with Crippen molar-refractivity contribution in [2.24, 2.45) is 0 Å². The van der Waals surface area contributed by atoms with Crippen molar-refractivity contribution in [3.8, 4) is 11.5 Å². The molecule has 0 amide bonds. The van der Waals surface area contributed by atoms with E-state index in [4.69, 9.17) is 14.2 Å². The first kappa shape index (κ1) is 20.2. The van der Waals surface area contributed by atoms with Crippen molar-refractivity contribution in [2.45, 2.75) is 32.2 Å². The topological polar surface area (TPSA) is 85.3 Å². The molecule has 1 aliphatic heterocycles. The number of hydrogen-bond donors (Lipinski definition) is 1. The maximum absolute atomic E-state index is 12.6. The Morgan fingerprint density at radius 2 is 2.00 bits per heavy atom. The highest BCUT2D eigenvalue weighted by atomic mass is 16.5. The van der Waals surface area contributed by atoms with Crippen LogP contribution in [0.25, 0.3) is 0 Å². The molecular weight excluding hydrogens is 338 g/mol. The summed E-state index contributed by atoms with van der Waals surface area (Å²) in [6.45, 7) is 4.65. The fourth-order valence-electron chi connectivity index (χ4n) is 2.84. The smallest absolute Gasteiger partial charge is 0.321 e. The molecule has 0 aromatic heterocycles. The van der Waals surface area contributed by atoms with Gasteiger partial charge in [-0.05, 0) is 24.6 Å². The lowest BCUT2D eigenvalue weighted by Crippen LogP contribution is -2.48. The van der Waals surface area contributed by atoms with Gasteiger partial charge < -0.3 is 19.3 Å². The molecule has 1 saturated heterocycles. The van der Waals surface area contributed by atoms with Gasteiger partial charge in [-0.3, -0.25) is 14.5 Å². The molecule has 1 aliphatic rings. The number of carbonyl (C=O) groups excluding carboxylic acids is 1. The first-order valence-corrected chi connectivity index (χ1v) is 8.95. The van der Waals surface area contributed by atoms with E-state index in [9.17, 15) is 14.7 Å². The Labute approximate surface area is 153 Å². The highest BCUT2D eigenvalue weighted by Crippen LogP contribution is 2.29. The minimum absolute atomic E-state index is 0.0888.